The molecule has 4 rings (SSSR count). The summed E-state index contributed by atoms with van der Waals surface area (Å²) in [5.41, 5.74) is 1.51. The number of halogens is 1. The van der Waals surface area contributed by atoms with Crippen molar-refractivity contribution in [2.75, 3.05) is 0 Å². The summed E-state index contributed by atoms with van der Waals surface area (Å²) in [6.07, 6.45) is -0.409. The van der Waals surface area contributed by atoms with Gasteiger partial charge >= 0.3 is 5.97 Å². The van der Waals surface area contributed by atoms with Crippen molar-refractivity contribution in [3.05, 3.63) is 69.7 Å². The Labute approximate surface area is 165 Å². The highest BCUT2D eigenvalue weighted by atomic mass is 35.5. The van der Waals surface area contributed by atoms with E-state index in [1.807, 2.05) is 18.2 Å². The van der Waals surface area contributed by atoms with Crippen molar-refractivity contribution >= 4 is 28.5 Å². The molecule has 2 aromatic rings. The van der Waals surface area contributed by atoms with Crippen molar-refractivity contribution in [3.8, 4) is 16.9 Å². The zero-order valence-electron chi connectivity index (χ0n) is 15.3. The van der Waals surface area contributed by atoms with Gasteiger partial charge in [-0.2, -0.15) is 9.78 Å². The summed E-state index contributed by atoms with van der Waals surface area (Å²) in [7, 11) is 0. The van der Waals surface area contributed by atoms with Gasteiger partial charge < -0.3 is 9.15 Å². The van der Waals surface area contributed by atoms with Crippen molar-refractivity contribution in [1.29, 1.82) is 0 Å². The van der Waals surface area contributed by atoms with Crippen LogP contribution in [0.4, 0.5) is 0 Å². The van der Waals surface area contributed by atoms with Gasteiger partial charge in [-0.25, -0.2) is 0 Å². The van der Waals surface area contributed by atoms with Gasteiger partial charge in [0.05, 0.1) is 11.8 Å². The molecule has 2 heterocycles. The number of esters is 1. The van der Waals surface area contributed by atoms with E-state index in [0.717, 1.165) is 0 Å². The number of hydrogen-bond donors (Lipinski definition) is 0. The predicted octanol–water partition coefficient (Wildman–Crippen LogP) is 4.23. The van der Waals surface area contributed by atoms with Crippen molar-refractivity contribution in [1.82, 2.24) is 9.78 Å². The fourth-order valence-corrected chi connectivity index (χ4v) is 3.22. The molecule has 0 unspecified atom stereocenters. The summed E-state index contributed by atoms with van der Waals surface area (Å²) in [5, 5.41) is 5.78. The second-order valence-corrected chi connectivity index (χ2v) is 7.09. The molecule has 0 radical (unpaired) electrons. The summed E-state index contributed by atoms with van der Waals surface area (Å²) in [5.74, 6) is -0.224. The highest BCUT2D eigenvalue weighted by Crippen LogP contribution is 2.32. The lowest BCUT2D eigenvalue weighted by molar-refractivity contribution is -0.146. The third-order valence-corrected chi connectivity index (χ3v) is 4.49. The van der Waals surface area contributed by atoms with E-state index in [0.29, 0.717) is 27.4 Å². The number of rotatable bonds is 4. The van der Waals surface area contributed by atoms with Gasteiger partial charge in [0.15, 0.2) is 0 Å². The number of nitrogens with zero attached hydrogens (tertiary/aromatic N) is 2. The second kappa shape index (κ2) is 7.13. The lowest BCUT2D eigenvalue weighted by Gasteiger charge is -2.10. The Bertz CT molecular complexity index is 1190. The van der Waals surface area contributed by atoms with Gasteiger partial charge in [-0.05, 0) is 50.2 Å². The van der Waals surface area contributed by atoms with Gasteiger partial charge in [0.25, 0.3) is 5.56 Å². The molecule has 0 amide bonds. The molecule has 0 fully saturated rings. The van der Waals surface area contributed by atoms with Crippen LogP contribution in [0.15, 0.2) is 57.7 Å². The van der Waals surface area contributed by atoms with Gasteiger partial charge in [0.2, 0.25) is 0 Å². The fourth-order valence-electron chi connectivity index (χ4n) is 3.09. The molecule has 6 nitrogen and oxygen atoms in total. The summed E-state index contributed by atoms with van der Waals surface area (Å²) in [4.78, 5) is 25.3. The third kappa shape index (κ3) is 3.27. The summed E-state index contributed by atoms with van der Waals surface area (Å²) >= 11 is 5.95. The molecule has 2 aliphatic rings. The highest BCUT2D eigenvalue weighted by molar-refractivity contribution is 6.30. The number of para-hydroxylation sites is 1. The molecule has 0 atom stereocenters. The predicted molar refractivity (Wildman–Crippen MR) is 106 cm³/mol. The maximum absolute atomic E-state index is 13.1. The molecular formula is C21H17ClN2O4. The average Bonchev–Trinajstić information content (AvgIpc) is 3.00. The van der Waals surface area contributed by atoms with E-state index in [1.54, 1.807) is 44.2 Å². The summed E-state index contributed by atoms with van der Waals surface area (Å²) in [6, 6.07) is 14.1. The molecule has 0 bridgehead atoms. The molecule has 0 saturated carbocycles. The highest BCUT2D eigenvalue weighted by Gasteiger charge is 2.27. The van der Waals surface area contributed by atoms with Crippen LogP contribution in [-0.2, 0) is 16.0 Å². The molecule has 28 heavy (non-hydrogen) atoms. The topological polar surface area (TPSA) is 74.3 Å². The molecule has 142 valence electrons. The van der Waals surface area contributed by atoms with Crippen LogP contribution in [0.3, 0.4) is 0 Å². The largest absolute Gasteiger partial charge is 0.463 e. The monoisotopic (exact) mass is 396 g/mol. The quantitative estimate of drug-likeness (QED) is 0.482. The normalized spacial score (nSPS) is 11.4. The molecule has 0 N–H and O–H groups in total. The van der Waals surface area contributed by atoms with E-state index in [4.69, 9.17) is 20.8 Å². The molecular weight excluding hydrogens is 380 g/mol. The number of ether oxygens (including phenoxy) is 1. The number of benzene rings is 2. The standard InChI is InChI=1S/C21H17ClN2O4/c1-12(2)27-18(25)11-17-19-20(15-5-3-4-6-16(15)28-17)23-24(21(19)26)14-9-7-13(22)8-10-14/h3-10,12H,11H2,1-2H3. The number of aromatic nitrogens is 2. The minimum atomic E-state index is -0.464. The first-order valence-electron chi connectivity index (χ1n) is 8.83. The van der Waals surface area contributed by atoms with Gasteiger partial charge in [0.1, 0.15) is 29.0 Å². The number of carbonyl (C=O) groups excluding carboxylic acids is 1. The van der Waals surface area contributed by atoms with E-state index < -0.39 is 5.97 Å². The Morgan fingerprint density at radius 2 is 1.89 bits per heavy atom. The van der Waals surface area contributed by atoms with Crippen LogP contribution in [0.5, 0.6) is 0 Å². The van der Waals surface area contributed by atoms with Crippen LogP contribution in [0, 0.1) is 0 Å². The molecule has 7 heteroatoms. The fraction of sp³-hybridized carbons (Fsp3) is 0.190. The molecule has 0 saturated heterocycles. The Hall–Kier alpha value is -3.12. The lowest BCUT2D eigenvalue weighted by Crippen LogP contribution is -2.18. The summed E-state index contributed by atoms with van der Waals surface area (Å²) in [6.45, 7) is 3.53. The summed E-state index contributed by atoms with van der Waals surface area (Å²) < 4.78 is 12.4. The molecule has 2 aliphatic heterocycles. The minimum Gasteiger partial charge on any atom is -0.463 e. The zero-order chi connectivity index (χ0) is 19.8. The molecule has 0 aromatic heterocycles. The zero-order valence-corrected chi connectivity index (χ0v) is 16.1. The van der Waals surface area contributed by atoms with Crippen molar-refractivity contribution < 1.29 is 13.9 Å². The van der Waals surface area contributed by atoms with E-state index in [1.165, 1.54) is 4.68 Å². The molecule has 0 spiro atoms. The maximum Gasteiger partial charge on any atom is 0.313 e. The van der Waals surface area contributed by atoms with Gasteiger partial charge in [-0.3, -0.25) is 9.59 Å². The second-order valence-electron chi connectivity index (χ2n) is 6.65. The van der Waals surface area contributed by atoms with Gasteiger partial charge in [0, 0.05) is 10.4 Å². The van der Waals surface area contributed by atoms with Crippen LogP contribution in [-0.4, -0.2) is 21.9 Å². The van der Waals surface area contributed by atoms with Crippen molar-refractivity contribution in [3.63, 3.8) is 0 Å². The Balaban J connectivity index is 1.94. The number of carbonyl (C=O) groups is 1. The van der Waals surface area contributed by atoms with E-state index in [-0.39, 0.29) is 29.4 Å². The maximum atomic E-state index is 13.1. The number of hydrogen-bond acceptors (Lipinski definition) is 5. The van der Waals surface area contributed by atoms with Crippen LogP contribution < -0.4 is 5.56 Å². The van der Waals surface area contributed by atoms with E-state index in [9.17, 15) is 9.59 Å². The van der Waals surface area contributed by atoms with Crippen molar-refractivity contribution in [2.45, 2.75) is 26.4 Å². The first kappa shape index (κ1) is 18.3. The Morgan fingerprint density at radius 1 is 1.18 bits per heavy atom. The van der Waals surface area contributed by atoms with Crippen LogP contribution in [0.1, 0.15) is 19.6 Å². The van der Waals surface area contributed by atoms with E-state index >= 15 is 0 Å². The molecule has 0 aliphatic carbocycles. The average molecular weight is 397 g/mol. The first-order valence-corrected chi connectivity index (χ1v) is 9.20. The number of fused-ring (bicyclic) bond motifs is 3. The minimum absolute atomic E-state index is 0.152. The van der Waals surface area contributed by atoms with Crippen molar-refractivity contribution in [2.24, 2.45) is 0 Å². The van der Waals surface area contributed by atoms with Crippen LogP contribution >= 0.6 is 11.6 Å². The SMILES string of the molecule is CC(C)OC(=O)Cc1oc2ccccc2c2nn(-c3ccc(Cl)cc3)c(=O)c1-2. The third-order valence-electron chi connectivity index (χ3n) is 4.24. The van der Waals surface area contributed by atoms with Gasteiger partial charge in [-0.1, -0.05) is 23.7 Å². The van der Waals surface area contributed by atoms with Crippen LogP contribution in [0.25, 0.3) is 27.9 Å². The van der Waals surface area contributed by atoms with Crippen LogP contribution in [0.2, 0.25) is 5.02 Å². The Morgan fingerprint density at radius 3 is 2.61 bits per heavy atom. The molecule has 2 aromatic carbocycles. The van der Waals surface area contributed by atoms with E-state index in [2.05, 4.69) is 5.10 Å². The first-order chi connectivity index (χ1) is 13.4. The smallest absolute Gasteiger partial charge is 0.313 e. The van der Waals surface area contributed by atoms with Gasteiger partial charge in [-0.15, -0.1) is 0 Å². The Kier molecular flexibility index (Phi) is 4.65. The lowest BCUT2D eigenvalue weighted by atomic mass is 10.1.